The minimum atomic E-state index is -4.71. The Balaban J connectivity index is 1.84. The predicted octanol–water partition coefficient (Wildman–Crippen LogP) is 6.40. The summed E-state index contributed by atoms with van der Waals surface area (Å²) in [5, 5.41) is 0. The molecule has 1 heterocycles. The van der Waals surface area contributed by atoms with Crippen LogP contribution < -0.4 is 4.74 Å². The number of benzene rings is 1. The second-order valence-electron chi connectivity index (χ2n) is 7.88. The fourth-order valence-corrected chi connectivity index (χ4v) is 3.16. The summed E-state index contributed by atoms with van der Waals surface area (Å²) in [6.07, 6.45) is 4.53. The van der Waals surface area contributed by atoms with E-state index in [-0.39, 0.29) is 12.2 Å². The molecule has 188 valence electrons. The number of nitrogens with zero attached hydrogens (tertiary/aromatic N) is 2. The van der Waals surface area contributed by atoms with Gasteiger partial charge in [-0.15, -0.1) is 0 Å². The Kier molecular flexibility index (Phi) is 11.8. The van der Waals surface area contributed by atoms with E-state index in [4.69, 9.17) is 9.47 Å². The first-order valence-corrected chi connectivity index (χ1v) is 11.8. The largest absolute Gasteiger partial charge is 0.490 e. The van der Waals surface area contributed by atoms with Crippen molar-refractivity contribution in [2.45, 2.75) is 71.1 Å². The highest BCUT2D eigenvalue weighted by molar-refractivity contribution is 5.90. The Labute approximate surface area is 198 Å². The molecular weight excluding hydrogens is 449 g/mol. The van der Waals surface area contributed by atoms with E-state index in [0.29, 0.717) is 23.7 Å². The van der Waals surface area contributed by atoms with Crippen LogP contribution in [0.5, 0.6) is 5.75 Å². The van der Waals surface area contributed by atoms with E-state index >= 15 is 0 Å². The third kappa shape index (κ3) is 9.67. The number of esters is 1. The van der Waals surface area contributed by atoms with Gasteiger partial charge in [-0.25, -0.2) is 14.8 Å². The Bertz CT molecular complexity index is 843. The number of rotatable bonds is 15. The number of unbranched alkanes of at least 4 members (excludes halogenated alkanes) is 6. The average molecular weight is 483 g/mol. The van der Waals surface area contributed by atoms with Crippen LogP contribution in [0.3, 0.4) is 0 Å². The van der Waals surface area contributed by atoms with Crippen LogP contribution in [0.15, 0.2) is 36.7 Å². The number of aromatic nitrogens is 2. The molecule has 0 N–H and O–H groups in total. The normalized spacial score (nSPS) is 12.4. The summed E-state index contributed by atoms with van der Waals surface area (Å²) in [5.74, 6) is -0.0984. The van der Waals surface area contributed by atoms with Gasteiger partial charge in [0.05, 0.1) is 31.2 Å². The molecule has 0 amide bonds. The molecule has 2 aromatic rings. The zero-order chi connectivity index (χ0) is 24.8. The minimum Gasteiger partial charge on any atom is -0.490 e. The minimum absolute atomic E-state index is 0.0100. The van der Waals surface area contributed by atoms with Crippen LogP contribution in [0, 0.1) is 0 Å². The van der Waals surface area contributed by atoms with Crippen LogP contribution in [-0.4, -0.2) is 48.0 Å². The Morgan fingerprint density at radius 1 is 0.941 bits per heavy atom. The molecule has 1 aromatic carbocycles. The third-order valence-corrected chi connectivity index (χ3v) is 5.11. The monoisotopic (exact) mass is 482 g/mol. The smallest absolute Gasteiger partial charge is 0.427 e. The predicted molar refractivity (Wildman–Crippen MR) is 123 cm³/mol. The molecule has 1 atom stereocenters. The number of alkyl halides is 3. The number of halogens is 3. The molecule has 0 aliphatic heterocycles. The quantitative estimate of drug-likeness (QED) is 0.216. The fraction of sp³-hybridized carbons (Fsp3) is 0.560. The zero-order valence-electron chi connectivity index (χ0n) is 19.8. The van der Waals surface area contributed by atoms with Crippen LogP contribution in [0.25, 0.3) is 11.4 Å². The van der Waals surface area contributed by atoms with Gasteiger partial charge < -0.3 is 14.2 Å². The van der Waals surface area contributed by atoms with E-state index < -0.39 is 24.9 Å². The summed E-state index contributed by atoms with van der Waals surface area (Å²) in [5.41, 5.74) is 0.598. The molecule has 0 saturated carbocycles. The van der Waals surface area contributed by atoms with Gasteiger partial charge >= 0.3 is 12.1 Å². The molecule has 0 aliphatic carbocycles. The van der Waals surface area contributed by atoms with E-state index in [1.165, 1.54) is 44.2 Å². The van der Waals surface area contributed by atoms with Crippen molar-refractivity contribution in [3.8, 4) is 17.1 Å². The lowest BCUT2D eigenvalue weighted by molar-refractivity contribution is -0.217. The maximum Gasteiger partial charge on any atom is 0.427 e. The molecular formula is C25H33F3N2O4. The summed E-state index contributed by atoms with van der Waals surface area (Å²) in [6, 6.07) is 5.85. The highest BCUT2D eigenvalue weighted by Gasteiger charge is 2.43. The van der Waals surface area contributed by atoms with Gasteiger partial charge in [0.2, 0.25) is 6.10 Å². The Morgan fingerprint density at radius 2 is 1.56 bits per heavy atom. The van der Waals surface area contributed by atoms with Crippen LogP contribution in [-0.2, 0) is 9.47 Å². The summed E-state index contributed by atoms with van der Waals surface area (Å²) in [7, 11) is 0. The van der Waals surface area contributed by atoms with E-state index in [0.717, 1.165) is 12.8 Å². The van der Waals surface area contributed by atoms with Gasteiger partial charge in [0, 0.05) is 12.2 Å². The van der Waals surface area contributed by atoms with Crippen molar-refractivity contribution in [2.24, 2.45) is 0 Å². The topological polar surface area (TPSA) is 70.5 Å². The van der Waals surface area contributed by atoms with Crippen molar-refractivity contribution in [1.29, 1.82) is 0 Å². The van der Waals surface area contributed by atoms with Gasteiger partial charge in [0.15, 0.2) is 11.6 Å². The van der Waals surface area contributed by atoms with Crippen molar-refractivity contribution in [3.63, 3.8) is 0 Å². The first kappa shape index (κ1) is 27.6. The standard InChI is InChI=1S/C25H33F3N2O4/c1-3-5-6-7-8-9-10-15-33-21-16-29-23(30-17-21)19-11-13-20(14-12-19)24(31)34-22(18-32-4-2)25(26,27)28/h11-14,16-17,22H,3-10,15,18H2,1-2H3. The second-order valence-corrected chi connectivity index (χ2v) is 7.88. The molecule has 0 fully saturated rings. The lowest BCUT2D eigenvalue weighted by atomic mass is 10.1. The van der Waals surface area contributed by atoms with E-state index in [1.807, 2.05) is 0 Å². The van der Waals surface area contributed by atoms with Crippen LogP contribution >= 0.6 is 0 Å². The SMILES string of the molecule is CCCCCCCCCOc1cnc(-c2ccc(C(=O)OC(COCC)C(F)(F)F)cc2)nc1. The molecule has 6 nitrogen and oxygen atoms in total. The average Bonchev–Trinajstić information content (AvgIpc) is 2.83. The molecule has 1 unspecified atom stereocenters. The van der Waals surface area contributed by atoms with Crippen molar-refractivity contribution in [2.75, 3.05) is 19.8 Å². The third-order valence-electron chi connectivity index (χ3n) is 5.11. The number of carbonyl (C=O) groups excluding carboxylic acids is 1. The lowest BCUT2D eigenvalue weighted by Gasteiger charge is -2.20. The first-order valence-electron chi connectivity index (χ1n) is 11.8. The molecule has 0 spiro atoms. The molecule has 0 saturated heterocycles. The Hall–Kier alpha value is -2.68. The molecule has 9 heteroatoms. The summed E-state index contributed by atoms with van der Waals surface area (Å²) >= 11 is 0. The Morgan fingerprint density at radius 3 is 2.15 bits per heavy atom. The van der Waals surface area contributed by atoms with Gasteiger partial charge in [-0.2, -0.15) is 13.2 Å². The molecule has 0 radical (unpaired) electrons. The van der Waals surface area contributed by atoms with Crippen LogP contribution in [0.4, 0.5) is 13.2 Å². The number of ether oxygens (including phenoxy) is 3. The number of carbonyl (C=O) groups is 1. The van der Waals surface area contributed by atoms with Crippen LogP contribution in [0.2, 0.25) is 0 Å². The highest BCUT2D eigenvalue weighted by Crippen LogP contribution is 2.25. The summed E-state index contributed by atoms with van der Waals surface area (Å²) in [6.45, 7) is 3.71. The second kappa shape index (κ2) is 14.6. The molecule has 2 rings (SSSR count). The van der Waals surface area contributed by atoms with Crippen LogP contribution in [0.1, 0.15) is 69.2 Å². The number of hydrogen-bond acceptors (Lipinski definition) is 6. The highest BCUT2D eigenvalue weighted by atomic mass is 19.4. The number of hydrogen-bond donors (Lipinski definition) is 0. The van der Waals surface area contributed by atoms with Crippen molar-refractivity contribution < 1.29 is 32.2 Å². The maximum absolute atomic E-state index is 13.0. The lowest BCUT2D eigenvalue weighted by Crippen LogP contribution is -2.37. The van der Waals surface area contributed by atoms with Gasteiger partial charge in [0.25, 0.3) is 0 Å². The molecule has 1 aromatic heterocycles. The first-order chi connectivity index (χ1) is 16.3. The van der Waals surface area contributed by atoms with Gasteiger partial charge in [-0.1, -0.05) is 57.6 Å². The van der Waals surface area contributed by atoms with E-state index in [1.54, 1.807) is 31.5 Å². The van der Waals surface area contributed by atoms with Crippen molar-refractivity contribution in [3.05, 3.63) is 42.2 Å². The van der Waals surface area contributed by atoms with E-state index in [9.17, 15) is 18.0 Å². The van der Waals surface area contributed by atoms with Gasteiger partial charge in [0.1, 0.15) is 0 Å². The van der Waals surface area contributed by atoms with Gasteiger partial charge in [-0.05, 0) is 25.5 Å². The van der Waals surface area contributed by atoms with Crippen molar-refractivity contribution in [1.82, 2.24) is 9.97 Å². The van der Waals surface area contributed by atoms with E-state index in [2.05, 4.69) is 21.6 Å². The zero-order valence-corrected chi connectivity index (χ0v) is 19.8. The molecule has 0 bridgehead atoms. The maximum atomic E-state index is 13.0. The summed E-state index contributed by atoms with van der Waals surface area (Å²) in [4.78, 5) is 20.7. The molecule has 0 aliphatic rings. The fourth-order valence-electron chi connectivity index (χ4n) is 3.16. The van der Waals surface area contributed by atoms with Gasteiger partial charge in [-0.3, -0.25) is 0 Å². The summed E-state index contributed by atoms with van der Waals surface area (Å²) < 4.78 is 54.1. The molecule has 34 heavy (non-hydrogen) atoms. The van der Waals surface area contributed by atoms with Crippen molar-refractivity contribution >= 4 is 5.97 Å².